The summed E-state index contributed by atoms with van der Waals surface area (Å²) in [4.78, 5) is 8.12. The summed E-state index contributed by atoms with van der Waals surface area (Å²) < 4.78 is 5.54. The molecule has 0 aliphatic carbocycles. The van der Waals surface area contributed by atoms with E-state index >= 15 is 0 Å². The smallest absolute Gasteiger partial charge is 0.138 e. The van der Waals surface area contributed by atoms with E-state index in [2.05, 4.69) is 16.9 Å². The maximum Gasteiger partial charge on any atom is 0.138 e. The van der Waals surface area contributed by atoms with Gasteiger partial charge >= 0.3 is 0 Å². The highest BCUT2D eigenvalue weighted by Crippen LogP contribution is 2.26. The molecule has 0 radical (unpaired) electrons. The van der Waals surface area contributed by atoms with Crippen LogP contribution in [0.4, 0.5) is 5.69 Å². The molecule has 0 saturated heterocycles. The van der Waals surface area contributed by atoms with E-state index in [0.29, 0.717) is 12.3 Å². The highest BCUT2D eigenvalue weighted by molar-refractivity contribution is 5.75. The van der Waals surface area contributed by atoms with E-state index in [1.165, 1.54) is 0 Å². The van der Waals surface area contributed by atoms with Crippen molar-refractivity contribution in [3.8, 4) is 16.9 Å². The molecule has 2 N–H and O–H groups in total. The molecule has 0 bridgehead atoms. The van der Waals surface area contributed by atoms with Crippen molar-refractivity contribution in [2.24, 2.45) is 0 Å². The van der Waals surface area contributed by atoms with Crippen LogP contribution in [0.2, 0.25) is 0 Å². The van der Waals surface area contributed by atoms with Gasteiger partial charge in [0.15, 0.2) is 0 Å². The van der Waals surface area contributed by atoms with Crippen molar-refractivity contribution in [2.45, 2.75) is 13.3 Å². The SMILES string of the molecule is CCCOc1cncc(-c2ccncc2N)c1. The Hall–Kier alpha value is -2.10. The Labute approximate surface area is 100 Å². The number of rotatable bonds is 4. The monoisotopic (exact) mass is 229 g/mol. The molecule has 0 spiro atoms. The molecule has 4 heteroatoms. The van der Waals surface area contributed by atoms with Crippen LogP contribution >= 0.6 is 0 Å². The lowest BCUT2D eigenvalue weighted by Gasteiger charge is -2.07. The predicted octanol–water partition coefficient (Wildman–Crippen LogP) is 2.51. The molecule has 2 aromatic heterocycles. The third-order valence-corrected chi connectivity index (χ3v) is 2.35. The summed E-state index contributed by atoms with van der Waals surface area (Å²) in [6.07, 6.45) is 7.79. The molecule has 0 amide bonds. The first kappa shape index (κ1) is 11.4. The van der Waals surface area contributed by atoms with Gasteiger partial charge in [-0.05, 0) is 18.6 Å². The Balaban J connectivity index is 2.30. The van der Waals surface area contributed by atoms with Crippen molar-refractivity contribution in [3.63, 3.8) is 0 Å². The van der Waals surface area contributed by atoms with Gasteiger partial charge in [0.05, 0.1) is 24.7 Å². The van der Waals surface area contributed by atoms with Crippen molar-refractivity contribution in [1.82, 2.24) is 9.97 Å². The number of nitrogens with zero attached hydrogens (tertiary/aromatic N) is 2. The number of hydrogen-bond donors (Lipinski definition) is 1. The molecule has 0 saturated carbocycles. The van der Waals surface area contributed by atoms with Crippen LogP contribution in [-0.4, -0.2) is 16.6 Å². The van der Waals surface area contributed by atoms with Gasteiger partial charge in [0, 0.05) is 23.5 Å². The van der Waals surface area contributed by atoms with Crippen LogP contribution in [-0.2, 0) is 0 Å². The number of anilines is 1. The predicted molar refractivity (Wildman–Crippen MR) is 67.7 cm³/mol. The van der Waals surface area contributed by atoms with E-state index in [0.717, 1.165) is 23.3 Å². The van der Waals surface area contributed by atoms with E-state index in [9.17, 15) is 0 Å². The van der Waals surface area contributed by atoms with Crippen molar-refractivity contribution in [1.29, 1.82) is 0 Å². The Morgan fingerprint density at radius 1 is 1.24 bits per heavy atom. The molecule has 2 aromatic rings. The normalized spacial score (nSPS) is 10.2. The molecule has 17 heavy (non-hydrogen) atoms. The van der Waals surface area contributed by atoms with Crippen LogP contribution in [0, 0.1) is 0 Å². The zero-order valence-electron chi connectivity index (χ0n) is 9.76. The summed E-state index contributed by atoms with van der Waals surface area (Å²) in [7, 11) is 0. The number of hydrogen-bond acceptors (Lipinski definition) is 4. The minimum absolute atomic E-state index is 0.641. The molecule has 0 unspecified atom stereocenters. The number of ether oxygens (including phenoxy) is 1. The quantitative estimate of drug-likeness (QED) is 0.875. The first-order valence-corrected chi connectivity index (χ1v) is 5.59. The molecule has 0 aromatic carbocycles. The van der Waals surface area contributed by atoms with Crippen LogP contribution in [0.15, 0.2) is 36.9 Å². The highest BCUT2D eigenvalue weighted by atomic mass is 16.5. The number of nitrogen functional groups attached to an aromatic ring is 1. The molecule has 88 valence electrons. The third-order valence-electron chi connectivity index (χ3n) is 2.35. The Morgan fingerprint density at radius 2 is 2.12 bits per heavy atom. The van der Waals surface area contributed by atoms with E-state index < -0.39 is 0 Å². The lowest BCUT2D eigenvalue weighted by Crippen LogP contribution is -1.96. The minimum atomic E-state index is 0.641. The maximum absolute atomic E-state index is 5.87. The van der Waals surface area contributed by atoms with Crippen molar-refractivity contribution in [2.75, 3.05) is 12.3 Å². The molecular weight excluding hydrogens is 214 g/mol. The standard InChI is InChI=1S/C13H15N3O/c1-2-5-17-11-6-10(7-16-8-11)12-3-4-15-9-13(12)14/h3-4,6-9H,2,5,14H2,1H3. The molecule has 4 nitrogen and oxygen atoms in total. The summed E-state index contributed by atoms with van der Waals surface area (Å²) in [6, 6.07) is 3.81. The molecular formula is C13H15N3O. The van der Waals surface area contributed by atoms with Crippen LogP contribution in [0.3, 0.4) is 0 Å². The lowest BCUT2D eigenvalue weighted by molar-refractivity contribution is 0.316. The van der Waals surface area contributed by atoms with Crippen LogP contribution in [0.1, 0.15) is 13.3 Å². The van der Waals surface area contributed by atoms with Gasteiger partial charge in [-0.15, -0.1) is 0 Å². The van der Waals surface area contributed by atoms with E-state index in [1.54, 1.807) is 24.8 Å². The molecule has 0 aliphatic rings. The number of nitrogens with two attached hydrogens (primary N) is 1. The van der Waals surface area contributed by atoms with Crippen molar-refractivity contribution in [3.05, 3.63) is 36.9 Å². The minimum Gasteiger partial charge on any atom is -0.492 e. The van der Waals surface area contributed by atoms with Crippen molar-refractivity contribution < 1.29 is 4.74 Å². The molecule has 2 heterocycles. The zero-order valence-corrected chi connectivity index (χ0v) is 9.76. The molecule has 0 aliphatic heterocycles. The lowest BCUT2D eigenvalue weighted by atomic mass is 10.1. The van der Waals surface area contributed by atoms with Crippen LogP contribution < -0.4 is 10.5 Å². The summed E-state index contributed by atoms with van der Waals surface area (Å²) in [6.45, 7) is 2.76. The average molecular weight is 229 g/mol. The second-order valence-electron chi connectivity index (χ2n) is 3.72. The highest BCUT2D eigenvalue weighted by Gasteiger charge is 2.04. The molecule has 2 rings (SSSR count). The van der Waals surface area contributed by atoms with Gasteiger partial charge in [-0.3, -0.25) is 9.97 Å². The Morgan fingerprint density at radius 3 is 2.88 bits per heavy atom. The zero-order chi connectivity index (χ0) is 12.1. The fourth-order valence-corrected chi connectivity index (χ4v) is 1.53. The van der Waals surface area contributed by atoms with Gasteiger partial charge in [-0.25, -0.2) is 0 Å². The fourth-order valence-electron chi connectivity index (χ4n) is 1.53. The van der Waals surface area contributed by atoms with Crippen LogP contribution in [0.5, 0.6) is 5.75 Å². The van der Waals surface area contributed by atoms with Crippen molar-refractivity contribution >= 4 is 5.69 Å². The summed E-state index contributed by atoms with van der Waals surface area (Å²) in [5, 5.41) is 0. The van der Waals surface area contributed by atoms with Gasteiger partial charge in [0.1, 0.15) is 5.75 Å². The average Bonchev–Trinajstić information content (AvgIpc) is 2.37. The second-order valence-corrected chi connectivity index (χ2v) is 3.72. The topological polar surface area (TPSA) is 61.0 Å². The number of pyridine rings is 2. The van der Waals surface area contributed by atoms with Gasteiger partial charge in [-0.1, -0.05) is 6.92 Å². The first-order chi connectivity index (χ1) is 8.31. The van der Waals surface area contributed by atoms with Gasteiger partial charge in [0.25, 0.3) is 0 Å². The van der Waals surface area contributed by atoms with E-state index in [-0.39, 0.29) is 0 Å². The maximum atomic E-state index is 5.87. The largest absolute Gasteiger partial charge is 0.492 e. The fraction of sp³-hybridized carbons (Fsp3) is 0.231. The number of aromatic nitrogens is 2. The van der Waals surface area contributed by atoms with Gasteiger partial charge < -0.3 is 10.5 Å². The molecule has 0 atom stereocenters. The van der Waals surface area contributed by atoms with Gasteiger partial charge in [0.2, 0.25) is 0 Å². The van der Waals surface area contributed by atoms with E-state index in [1.807, 2.05) is 12.1 Å². The molecule has 0 fully saturated rings. The summed E-state index contributed by atoms with van der Waals surface area (Å²) >= 11 is 0. The first-order valence-electron chi connectivity index (χ1n) is 5.59. The van der Waals surface area contributed by atoms with Crippen LogP contribution in [0.25, 0.3) is 11.1 Å². The summed E-state index contributed by atoms with van der Waals surface area (Å²) in [5.41, 5.74) is 8.38. The second kappa shape index (κ2) is 5.30. The van der Waals surface area contributed by atoms with Gasteiger partial charge in [-0.2, -0.15) is 0 Å². The van der Waals surface area contributed by atoms with E-state index in [4.69, 9.17) is 10.5 Å². The summed E-state index contributed by atoms with van der Waals surface area (Å²) in [5.74, 6) is 0.764. The Bertz CT molecular complexity index is 500. The third kappa shape index (κ3) is 2.72. The Kier molecular flexibility index (Phi) is 3.55.